The maximum Gasteiger partial charge on any atom is 0.337 e. The van der Waals surface area contributed by atoms with E-state index in [9.17, 15) is 14.7 Å². The molecule has 1 aromatic carbocycles. The van der Waals surface area contributed by atoms with Crippen LogP contribution in [0.1, 0.15) is 36.1 Å². The Morgan fingerprint density at radius 2 is 2.05 bits per heavy atom. The predicted octanol–water partition coefficient (Wildman–Crippen LogP) is 1.47. The molecule has 0 spiro atoms. The molecule has 19 heavy (non-hydrogen) atoms. The minimum Gasteiger partial charge on any atom is -0.479 e. The highest BCUT2D eigenvalue weighted by Crippen LogP contribution is 2.21. The Morgan fingerprint density at radius 1 is 1.37 bits per heavy atom. The van der Waals surface area contributed by atoms with E-state index in [-0.39, 0.29) is 12.4 Å². The zero-order valence-corrected chi connectivity index (χ0v) is 11.0. The monoisotopic (exact) mass is 266 g/mol. The third kappa shape index (κ3) is 4.06. The van der Waals surface area contributed by atoms with E-state index in [2.05, 4.69) is 4.74 Å². The molecule has 0 radical (unpaired) electrons. The maximum atomic E-state index is 11.1. The molecule has 0 heterocycles. The van der Waals surface area contributed by atoms with E-state index in [1.807, 2.05) is 13.0 Å². The first kappa shape index (κ1) is 15.2. The largest absolute Gasteiger partial charge is 0.479 e. The number of rotatable bonds is 6. The Bertz CT molecular complexity index is 467. The number of hydrogen-bond donors (Lipinski definition) is 2. The average Bonchev–Trinajstić information content (AvgIpc) is 2.43. The van der Waals surface area contributed by atoms with Crippen molar-refractivity contribution in [3.63, 3.8) is 0 Å². The number of aliphatic hydroxyl groups excluding tert-OH is 1. The van der Waals surface area contributed by atoms with Crippen molar-refractivity contribution in [1.82, 2.24) is 0 Å². The molecular weight excluding hydrogens is 248 g/mol. The summed E-state index contributed by atoms with van der Waals surface area (Å²) in [4.78, 5) is 21.9. The molecule has 1 unspecified atom stereocenters. The van der Waals surface area contributed by atoms with Gasteiger partial charge in [0.05, 0.1) is 7.11 Å². The number of benzene rings is 1. The molecule has 1 rings (SSSR count). The minimum atomic E-state index is -1.53. The lowest BCUT2D eigenvalue weighted by Gasteiger charge is -2.13. The molecule has 1 aromatic rings. The number of carboxylic acids is 1. The predicted molar refractivity (Wildman–Crippen MR) is 68.8 cm³/mol. The normalized spacial score (nSPS) is 11.9. The molecule has 5 nitrogen and oxygen atoms in total. The van der Waals surface area contributed by atoms with Gasteiger partial charge in [-0.2, -0.15) is 0 Å². The van der Waals surface area contributed by atoms with Gasteiger partial charge in [-0.3, -0.25) is 4.79 Å². The minimum absolute atomic E-state index is 0.227. The van der Waals surface area contributed by atoms with Crippen molar-refractivity contribution in [2.24, 2.45) is 0 Å². The van der Waals surface area contributed by atoms with E-state index < -0.39 is 12.1 Å². The summed E-state index contributed by atoms with van der Waals surface area (Å²) in [6.07, 6.45) is -0.217. The topological polar surface area (TPSA) is 83.8 Å². The van der Waals surface area contributed by atoms with Crippen LogP contribution in [0, 0.1) is 0 Å². The van der Waals surface area contributed by atoms with Gasteiger partial charge in [-0.1, -0.05) is 25.1 Å². The summed E-state index contributed by atoms with van der Waals surface area (Å²) >= 11 is 0. The highest BCUT2D eigenvalue weighted by Gasteiger charge is 2.19. The van der Waals surface area contributed by atoms with Crippen molar-refractivity contribution >= 4 is 11.9 Å². The third-order valence-corrected chi connectivity index (χ3v) is 2.97. The zero-order valence-electron chi connectivity index (χ0n) is 11.0. The first-order valence-corrected chi connectivity index (χ1v) is 6.09. The number of hydrogen-bond acceptors (Lipinski definition) is 4. The van der Waals surface area contributed by atoms with Gasteiger partial charge in [0.1, 0.15) is 0 Å². The lowest BCUT2D eigenvalue weighted by Crippen LogP contribution is -2.13. The molecule has 0 aromatic heterocycles. The molecule has 0 aliphatic heterocycles. The van der Waals surface area contributed by atoms with Gasteiger partial charge < -0.3 is 14.9 Å². The summed E-state index contributed by atoms with van der Waals surface area (Å²) in [5, 5.41) is 18.5. The van der Waals surface area contributed by atoms with Crippen LogP contribution >= 0.6 is 0 Å². The van der Waals surface area contributed by atoms with Crippen LogP contribution in [-0.4, -0.2) is 29.3 Å². The summed E-state index contributed by atoms with van der Waals surface area (Å²) < 4.78 is 4.55. The lowest BCUT2D eigenvalue weighted by atomic mass is 9.96. The van der Waals surface area contributed by atoms with Gasteiger partial charge in [-0.15, -0.1) is 0 Å². The van der Waals surface area contributed by atoms with Gasteiger partial charge in [-0.25, -0.2) is 4.79 Å². The SMILES string of the molecule is CCc1ccc(CCC(=O)OC)cc1C(O)C(=O)O. The van der Waals surface area contributed by atoms with Crippen LogP contribution in [0.15, 0.2) is 18.2 Å². The third-order valence-electron chi connectivity index (χ3n) is 2.97. The van der Waals surface area contributed by atoms with E-state index in [0.717, 1.165) is 11.1 Å². The highest BCUT2D eigenvalue weighted by molar-refractivity contribution is 5.74. The second-order valence-corrected chi connectivity index (χ2v) is 4.20. The van der Waals surface area contributed by atoms with Crippen molar-refractivity contribution in [3.8, 4) is 0 Å². The standard InChI is InChI=1S/C14H18O5/c1-3-10-6-4-9(5-7-12(15)19-2)8-11(10)13(16)14(17)18/h4,6,8,13,16H,3,5,7H2,1-2H3,(H,17,18). The molecule has 0 bridgehead atoms. The first-order chi connectivity index (χ1) is 8.99. The number of esters is 1. The molecule has 0 fully saturated rings. The van der Waals surface area contributed by atoms with Gasteiger partial charge >= 0.3 is 11.9 Å². The molecule has 1 atom stereocenters. The number of carbonyl (C=O) groups excluding carboxylic acids is 1. The molecule has 0 aliphatic carbocycles. The molecule has 5 heteroatoms. The fraction of sp³-hybridized carbons (Fsp3) is 0.429. The van der Waals surface area contributed by atoms with Crippen LogP contribution < -0.4 is 0 Å². The number of carbonyl (C=O) groups is 2. The number of methoxy groups -OCH3 is 1. The zero-order chi connectivity index (χ0) is 14.4. The molecule has 104 valence electrons. The Balaban J connectivity index is 2.95. The van der Waals surface area contributed by atoms with Gasteiger partial charge in [0.25, 0.3) is 0 Å². The quantitative estimate of drug-likeness (QED) is 0.762. The Kier molecular flexibility index (Phi) is 5.51. The van der Waals surface area contributed by atoms with Gasteiger partial charge in [0.15, 0.2) is 6.10 Å². The molecule has 0 saturated carbocycles. The van der Waals surface area contributed by atoms with Crippen molar-refractivity contribution in [2.45, 2.75) is 32.3 Å². The Morgan fingerprint density at radius 3 is 2.58 bits per heavy atom. The van der Waals surface area contributed by atoms with E-state index >= 15 is 0 Å². The van der Waals surface area contributed by atoms with E-state index in [4.69, 9.17) is 5.11 Å². The van der Waals surface area contributed by atoms with Crippen molar-refractivity contribution < 1.29 is 24.5 Å². The van der Waals surface area contributed by atoms with Crippen LogP contribution in [0.3, 0.4) is 0 Å². The summed E-state index contributed by atoms with van der Waals surface area (Å²) in [7, 11) is 1.32. The van der Waals surface area contributed by atoms with Crippen LogP contribution in [0.5, 0.6) is 0 Å². The van der Waals surface area contributed by atoms with Gasteiger partial charge in [0.2, 0.25) is 0 Å². The van der Waals surface area contributed by atoms with Crippen LogP contribution in [-0.2, 0) is 27.2 Å². The van der Waals surface area contributed by atoms with Crippen molar-refractivity contribution in [1.29, 1.82) is 0 Å². The van der Waals surface area contributed by atoms with E-state index in [0.29, 0.717) is 18.4 Å². The fourth-order valence-corrected chi connectivity index (χ4v) is 1.86. The van der Waals surface area contributed by atoms with Crippen LogP contribution in [0.2, 0.25) is 0 Å². The van der Waals surface area contributed by atoms with Crippen LogP contribution in [0.25, 0.3) is 0 Å². The number of ether oxygens (including phenoxy) is 1. The smallest absolute Gasteiger partial charge is 0.337 e. The summed E-state index contributed by atoms with van der Waals surface area (Å²) in [5.41, 5.74) is 1.98. The van der Waals surface area contributed by atoms with Crippen molar-refractivity contribution in [3.05, 3.63) is 34.9 Å². The fourth-order valence-electron chi connectivity index (χ4n) is 1.86. The van der Waals surface area contributed by atoms with E-state index in [1.54, 1.807) is 12.1 Å². The number of aliphatic carboxylic acids is 1. The molecule has 0 aliphatic rings. The van der Waals surface area contributed by atoms with E-state index in [1.165, 1.54) is 7.11 Å². The second-order valence-electron chi connectivity index (χ2n) is 4.20. The Labute approximate surface area is 111 Å². The summed E-state index contributed by atoms with van der Waals surface area (Å²) in [6.45, 7) is 1.89. The molecular formula is C14H18O5. The lowest BCUT2D eigenvalue weighted by molar-refractivity contribution is -0.147. The second kappa shape index (κ2) is 6.89. The van der Waals surface area contributed by atoms with Crippen molar-refractivity contribution in [2.75, 3.05) is 7.11 Å². The number of aliphatic hydroxyl groups is 1. The van der Waals surface area contributed by atoms with Crippen LogP contribution in [0.4, 0.5) is 0 Å². The summed E-state index contributed by atoms with van der Waals surface area (Å²) in [6, 6.07) is 5.26. The Hall–Kier alpha value is -1.88. The first-order valence-electron chi connectivity index (χ1n) is 6.09. The number of carboxylic acid groups (broad SMARTS) is 1. The molecule has 0 amide bonds. The highest BCUT2D eigenvalue weighted by atomic mass is 16.5. The van der Waals surface area contributed by atoms with Gasteiger partial charge in [0, 0.05) is 6.42 Å². The summed E-state index contributed by atoms with van der Waals surface area (Å²) in [5.74, 6) is -1.60. The van der Waals surface area contributed by atoms with Gasteiger partial charge in [-0.05, 0) is 29.5 Å². The molecule has 0 saturated heterocycles. The number of aryl methyl sites for hydroxylation is 2. The molecule has 2 N–H and O–H groups in total. The average molecular weight is 266 g/mol. The maximum absolute atomic E-state index is 11.1.